The van der Waals surface area contributed by atoms with E-state index in [0.717, 1.165) is 28.1 Å². The Balaban J connectivity index is 0.00000341. The number of amides is 1. The fourth-order valence-corrected chi connectivity index (χ4v) is 3.26. The smallest absolute Gasteiger partial charge is 0.224 e. The lowest BCUT2D eigenvalue weighted by Gasteiger charge is -2.24. The second-order valence-electron chi connectivity index (χ2n) is 7.22. The third-order valence-electron chi connectivity index (χ3n) is 4.90. The first-order valence-corrected chi connectivity index (χ1v) is 9.92. The van der Waals surface area contributed by atoms with Crippen LogP contribution in [-0.2, 0) is 17.8 Å². The Labute approximate surface area is 189 Å². The van der Waals surface area contributed by atoms with Crippen molar-refractivity contribution in [2.45, 2.75) is 26.3 Å². The number of carbonyl (C=O) groups excluding carboxylic acids is 1. The van der Waals surface area contributed by atoms with E-state index in [-0.39, 0.29) is 24.1 Å². The molecular formula is C26H26ClFN2O. The molecule has 5 heteroatoms. The average Bonchev–Trinajstić information content (AvgIpc) is 2.75. The van der Waals surface area contributed by atoms with Crippen molar-refractivity contribution in [1.29, 1.82) is 0 Å². The third-order valence-corrected chi connectivity index (χ3v) is 4.90. The summed E-state index contributed by atoms with van der Waals surface area (Å²) >= 11 is 0. The number of nitrogens with one attached hydrogen (secondary N) is 1. The number of nitrogens with zero attached hydrogens (tertiary/aromatic N) is 1. The van der Waals surface area contributed by atoms with E-state index in [4.69, 9.17) is 6.42 Å². The molecule has 1 amide bonds. The molecule has 3 aromatic rings. The number of halogens is 2. The molecule has 0 heterocycles. The summed E-state index contributed by atoms with van der Waals surface area (Å²) in [6.45, 7) is 2.97. The van der Waals surface area contributed by atoms with Crippen molar-refractivity contribution in [2.75, 3.05) is 16.8 Å². The quantitative estimate of drug-likeness (QED) is 0.455. The largest absolute Gasteiger partial charge is 0.356 e. The molecule has 160 valence electrons. The van der Waals surface area contributed by atoms with Crippen LogP contribution in [0.1, 0.15) is 23.1 Å². The zero-order valence-electron chi connectivity index (χ0n) is 17.5. The van der Waals surface area contributed by atoms with Gasteiger partial charge in [-0.15, -0.1) is 18.8 Å². The van der Waals surface area contributed by atoms with Crippen LogP contribution in [0.4, 0.5) is 15.8 Å². The second-order valence-corrected chi connectivity index (χ2v) is 7.22. The van der Waals surface area contributed by atoms with Gasteiger partial charge in [-0.2, -0.15) is 0 Å². The number of rotatable bonds is 8. The lowest BCUT2D eigenvalue weighted by atomic mass is 10.1. The van der Waals surface area contributed by atoms with E-state index in [1.165, 1.54) is 12.1 Å². The SMILES string of the molecule is C#CCN(Cc1ccc(F)cc1)c1ccc(NC(=O)CCc2ccccc2)c(C)c1.Cl. The maximum Gasteiger partial charge on any atom is 0.224 e. The Morgan fingerprint density at radius 2 is 1.74 bits per heavy atom. The third kappa shape index (κ3) is 7.16. The van der Waals surface area contributed by atoms with E-state index >= 15 is 0 Å². The molecule has 31 heavy (non-hydrogen) atoms. The molecule has 0 aromatic heterocycles. The summed E-state index contributed by atoms with van der Waals surface area (Å²) in [4.78, 5) is 14.4. The molecule has 0 saturated carbocycles. The number of hydrogen-bond acceptors (Lipinski definition) is 2. The molecule has 0 spiro atoms. The topological polar surface area (TPSA) is 32.3 Å². The van der Waals surface area contributed by atoms with E-state index in [1.54, 1.807) is 12.1 Å². The molecule has 1 N–H and O–H groups in total. The van der Waals surface area contributed by atoms with Crippen LogP contribution < -0.4 is 10.2 Å². The number of hydrogen-bond donors (Lipinski definition) is 1. The molecular weight excluding hydrogens is 411 g/mol. The van der Waals surface area contributed by atoms with Crippen molar-refractivity contribution in [3.05, 3.63) is 95.3 Å². The molecule has 0 saturated heterocycles. The van der Waals surface area contributed by atoms with Gasteiger partial charge in [0.2, 0.25) is 5.91 Å². The van der Waals surface area contributed by atoms with E-state index in [9.17, 15) is 9.18 Å². The van der Waals surface area contributed by atoms with E-state index < -0.39 is 0 Å². The van der Waals surface area contributed by atoms with Crippen molar-refractivity contribution in [2.24, 2.45) is 0 Å². The van der Waals surface area contributed by atoms with Crippen molar-refractivity contribution >= 4 is 29.7 Å². The minimum absolute atomic E-state index is 0. The maximum absolute atomic E-state index is 13.2. The first-order chi connectivity index (χ1) is 14.5. The highest BCUT2D eigenvalue weighted by Gasteiger charge is 2.10. The molecule has 3 aromatic carbocycles. The lowest BCUT2D eigenvalue weighted by molar-refractivity contribution is -0.116. The average molecular weight is 437 g/mol. The van der Waals surface area contributed by atoms with E-state index in [2.05, 4.69) is 11.2 Å². The molecule has 0 aliphatic rings. The molecule has 0 unspecified atom stereocenters. The van der Waals surface area contributed by atoms with Gasteiger partial charge in [0.1, 0.15) is 5.82 Å². The minimum Gasteiger partial charge on any atom is -0.356 e. The summed E-state index contributed by atoms with van der Waals surface area (Å²) in [5, 5.41) is 3.00. The Bertz CT molecular complexity index is 1030. The minimum atomic E-state index is -0.259. The van der Waals surface area contributed by atoms with Crippen LogP contribution in [0.25, 0.3) is 0 Å². The standard InChI is InChI=1S/C26H25FN2O.ClH/c1-3-17-29(19-22-9-12-23(27)13-10-22)24-14-15-25(20(2)18-24)28-26(30)16-11-21-7-5-4-6-8-21;/h1,4-10,12-15,18H,11,16-17,19H2,2H3,(H,28,30);1H. The Hall–Kier alpha value is -3.29. The van der Waals surface area contributed by atoms with Gasteiger partial charge in [0.05, 0.1) is 6.54 Å². The van der Waals surface area contributed by atoms with E-state index in [0.29, 0.717) is 25.9 Å². The highest BCUT2D eigenvalue weighted by molar-refractivity contribution is 5.91. The predicted octanol–water partition coefficient (Wildman–Crippen LogP) is 5.77. The van der Waals surface area contributed by atoms with Gasteiger partial charge < -0.3 is 10.2 Å². The van der Waals surface area contributed by atoms with Gasteiger partial charge in [-0.1, -0.05) is 48.4 Å². The maximum atomic E-state index is 13.2. The lowest BCUT2D eigenvalue weighted by Crippen LogP contribution is -2.23. The Kier molecular flexibility index (Phi) is 9.12. The number of anilines is 2. The molecule has 0 bridgehead atoms. The van der Waals surface area contributed by atoms with Crippen molar-refractivity contribution in [1.82, 2.24) is 0 Å². The highest BCUT2D eigenvalue weighted by Crippen LogP contribution is 2.24. The number of aryl methyl sites for hydroxylation is 2. The zero-order valence-corrected chi connectivity index (χ0v) is 18.3. The van der Waals surface area contributed by atoms with Crippen LogP contribution in [0.5, 0.6) is 0 Å². The number of terminal acetylenes is 1. The molecule has 0 radical (unpaired) electrons. The van der Waals surface area contributed by atoms with Crippen LogP contribution in [0.2, 0.25) is 0 Å². The van der Waals surface area contributed by atoms with Gasteiger partial charge in [0, 0.05) is 24.3 Å². The summed E-state index contributed by atoms with van der Waals surface area (Å²) in [7, 11) is 0. The van der Waals surface area contributed by atoms with Crippen molar-refractivity contribution in [3.63, 3.8) is 0 Å². The van der Waals surface area contributed by atoms with Crippen LogP contribution in [0, 0.1) is 25.1 Å². The normalized spacial score (nSPS) is 9.97. The van der Waals surface area contributed by atoms with Gasteiger partial charge in [-0.25, -0.2) is 4.39 Å². The first-order valence-electron chi connectivity index (χ1n) is 9.92. The van der Waals surface area contributed by atoms with E-state index in [1.807, 2.05) is 60.4 Å². The van der Waals surface area contributed by atoms with Gasteiger partial charge in [-0.3, -0.25) is 4.79 Å². The summed E-state index contributed by atoms with van der Waals surface area (Å²) in [6, 6.07) is 22.2. The molecule has 0 aliphatic carbocycles. The monoisotopic (exact) mass is 436 g/mol. The van der Waals surface area contributed by atoms with Crippen LogP contribution in [-0.4, -0.2) is 12.5 Å². The van der Waals surface area contributed by atoms with Crippen molar-refractivity contribution < 1.29 is 9.18 Å². The summed E-state index contributed by atoms with van der Waals surface area (Å²) in [5.41, 5.74) is 4.83. The summed E-state index contributed by atoms with van der Waals surface area (Å²) < 4.78 is 13.2. The molecule has 0 atom stereocenters. The first kappa shape index (κ1) is 24.0. The van der Waals surface area contributed by atoms with Gasteiger partial charge in [0.25, 0.3) is 0 Å². The Morgan fingerprint density at radius 3 is 2.39 bits per heavy atom. The molecule has 0 fully saturated rings. The zero-order chi connectivity index (χ0) is 21.3. The van der Waals surface area contributed by atoms with Gasteiger partial charge in [-0.05, 0) is 60.4 Å². The fraction of sp³-hybridized carbons (Fsp3) is 0.192. The number of carbonyl (C=O) groups is 1. The molecule has 3 nitrogen and oxygen atoms in total. The Morgan fingerprint density at radius 1 is 1.03 bits per heavy atom. The highest BCUT2D eigenvalue weighted by atomic mass is 35.5. The molecule has 0 aliphatic heterocycles. The van der Waals surface area contributed by atoms with Crippen LogP contribution in [0.15, 0.2) is 72.8 Å². The second kappa shape index (κ2) is 11.8. The summed E-state index contributed by atoms with van der Waals surface area (Å²) in [5.74, 6) is 2.41. The predicted molar refractivity (Wildman–Crippen MR) is 128 cm³/mol. The fourth-order valence-electron chi connectivity index (χ4n) is 3.26. The van der Waals surface area contributed by atoms with Gasteiger partial charge in [0.15, 0.2) is 0 Å². The number of benzene rings is 3. The van der Waals surface area contributed by atoms with Crippen molar-refractivity contribution in [3.8, 4) is 12.3 Å². The van der Waals surface area contributed by atoms with Gasteiger partial charge >= 0.3 is 0 Å². The summed E-state index contributed by atoms with van der Waals surface area (Å²) in [6.07, 6.45) is 6.69. The van der Waals surface area contributed by atoms with Crippen LogP contribution >= 0.6 is 12.4 Å². The van der Waals surface area contributed by atoms with Crippen LogP contribution in [0.3, 0.4) is 0 Å². The molecule has 3 rings (SSSR count).